The van der Waals surface area contributed by atoms with Gasteiger partial charge in [0, 0.05) is 28.8 Å². The number of nitrogens with zero attached hydrogens (tertiary/aromatic N) is 1. The molecule has 5 aromatic rings. The number of hydrogen-bond acceptors (Lipinski definition) is 6. The van der Waals surface area contributed by atoms with Gasteiger partial charge in [-0.15, -0.1) is 0 Å². The van der Waals surface area contributed by atoms with Crippen molar-refractivity contribution in [2.24, 2.45) is 5.92 Å². The quantitative estimate of drug-likeness (QED) is 0.0805. The molecular weight excluding hydrogens is 584 g/mol. The van der Waals surface area contributed by atoms with E-state index in [1.54, 1.807) is 13.0 Å². The molecule has 0 spiro atoms. The zero-order valence-corrected chi connectivity index (χ0v) is 26.7. The molecule has 238 valence electrons. The van der Waals surface area contributed by atoms with Gasteiger partial charge >= 0.3 is 5.97 Å². The minimum absolute atomic E-state index is 0.171. The SMILES string of the molecule is CCOC(=O)C(NCCc1ccccc1)C(=O)c1cccc(CC2CCCC=C2c2nc(-c3ccccc3)c(-c3ccccc3)o2)c1. The summed E-state index contributed by atoms with van der Waals surface area (Å²) >= 11 is 0. The van der Waals surface area contributed by atoms with Gasteiger partial charge in [0.2, 0.25) is 5.89 Å². The number of esters is 1. The number of carbonyl (C=O) groups excluding carboxylic acids is 2. The normalized spacial score (nSPS) is 15.1. The van der Waals surface area contributed by atoms with Gasteiger partial charge in [0.1, 0.15) is 5.69 Å². The van der Waals surface area contributed by atoms with E-state index in [0.717, 1.165) is 65.0 Å². The summed E-state index contributed by atoms with van der Waals surface area (Å²) < 4.78 is 11.9. The molecule has 1 aliphatic carbocycles. The number of hydrogen-bond donors (Lipinski definition) is 1. The largest absolute Gasteiger partial charge is 0.464 e. The molecule has 2 atom stereocenters. The van der Waals surface area contributed by atoms with Crippen LogP contribution in [-0.2, 0) is 22.4 Å². The second kappa shape index (κ2) is 15.5. The Hall–Kier alpha value is -5.07. The molecule has 0 saturated carbocycles. The van der Waals surface area contributed by atoms with Crippen LogP contribution in [-0.4, -0.2) is 35.9 Å². The number of aromatic nitrogens is 1. The highest BCUT2D eigenvalue weighted by Crippen LogP contribution is 2.40. The maximum absolute atomic E-state index is 13.7. The number of benzene rings is 4. The predicted molar refractivity (Wildman–Crippen MR) is 186 cm³/mol. The lowest BCUT2D eigenvalue weighted by Gasteiger charge is -2.23. The van der Waals surface area contributed by atoms with Gasteiger partial charge in [0.25, 0.3) is 0 Å². The van der Waals surface area contributed by atoms with E-state index in [0.29, 0.717) is 24.4 Å². The van der Waals surface area contributed by atoms with E-state index in [1.807, 2.05) is 97.1 Å². The molecule has 6 nitrogen and oxygen atoms in total. The second-order valence-electron chi connectivity index (χ2n) is 11.9. The minimum Gasteiger partial charge on any atom is -0.464 e. The second-order valence-corrected chi connectivity index (χ2v) is 11.9. The molecule has 0 aliphatic heterocycles. The molecule has 1 heterocycles. The molecule has 6 heteroatoms. The number of ketones is 1. The molecule has 2 unspecified atom stereocenters. The van der Waals surface area contributed by atoms with Crippen LogP contribution in [0.4, 0.5) is 0 Å². The van der Waals surface area contributed by atoms with Gasteiger partial charge in [-0.3, -0.25) is 10.1 Å². The van der Waals surface area contributed by atoms with Gasteiger partial charge < -0.3 is 9.15 Å². The number of ether oxygens (including phenoxy) is 1. The van der Waals surface area contributed by atoms with Gasteiger partial charge in [-0.05, 0) is 62.1 Å². The van der Waals surface area contributed by atoms with Crippen LogP contribution in [0, 0.1) is 5.92 Å². The first-order valence-corrected chi connectivity index (χ1v) is 16.5. The molecule has 1 aliphatic rings. The lowest BCUT2D eigenvalue weighted by molar-refractivity contribution is -0.144. The van der Waals surface area contributed by atoms with Crippen molar-refractivity contribution in [2.75, 3.05) is 13.2 Å². The highest BCUT2D eigenvalue weighted by atomic mass is 16.5. The molecule has 47 heavy (non-hydrogen) atoms. The predicted octanol–water partition coefficient (Wildman–Crippen LogP) is 8.38. The number of nitrogens with one attached hydrogen (secondary N) is 1. The van der Waals surface area contributed by atoms with Gasteiger partial charge in [-0.25, -0.2) is 9.78 Å². The third-order valence-corrected chi connectivity index (χ3v) is 8.60. The highest BCUT2D eigenvalue weighted by molar-refractivity contribution is 6.12. The van der Waals surface area contributed by atoms with Crippen molar-refractivity contribution in [1.29, 1.82) is 0 Å². The van der Waals surface area contributed by atoms with Gasteiger partial charge in [0.15, 0.2) is 17.6 Å². The van der Waals surface area contributed by atoms with Crippen molar-refractivity contribution in [2.45, 2.75) is 45.1 Å². The van der Waals surface area contributed by atoms with E-state index in [9.17, 15) is 9.59 Å². The maximum Gasteiger partial charge on any atom is 0.331 e. The molecule has 1 aromatic heterocycles. The molecule has 1 N–H and O–H groups in total. The van der Waals surface area contributed by atoms with Crippen molar-refractivity contribution in [1.82, 2.24) is 10.3 Å². The van der Waals surface area contributed by atoms with Crippen molar-refractivity contribution in [3.63, 3.8) is 0 Å². The highest BCUT2D eigenvalue weighted by Gasteiger charge is 2.30. The van der Waals surface area contributed by atoms with Crippen LogP contribution in [0.3, 0.4) is 0 Å². The number of oxazole rings is 1. The summed E-state index contributed by atoms with van der Waals surface area (Å²) in [5, 5.41) is 3.16. The molecule has 0 saturated heterocycles. The molecule has 0 fully saturated rings. The van der Waals surface area contributed by atoms with Crippen LogP contribution in [0.25, 0.3) is 28.2 Å². The van der Waals surface area contributed by atoms with Crippen LogP contribution < -0.4 is 5.32 Å². The lowest BCUT2D eigenvalue weighted by Crippen LogP contribution is -2.45. The van der Waals surface area contributed by atoms with E-state index < -0.39 is 12.0 Å². The van der Waals surface area contributed by atoms with Crippen molar-refractivity contribution in [3.05, 3.63) is 144 Å². The number of rotatable bonds is 13. The fourth-order valence-corrected chi connectivity index (χ4v) is 6.26. The fourth-order valence-electron chi connectivity index (χ4n) is 6.26. The Balaban J connectivity index is 1.23. The van der Waals surface area contributed by atoms with Crippen molar-refractivity contribution >= 4 is 17.3 Å². The van der Waals surface area contributed by atoms with Crippen LogP contribution in [0.5, 0.6) is 0 Å². The van der Waals surface area contributed by atoms with E-state index in [4.69, 9.17) is 14.1 Å². The molecule has 4 aromatic carbocycles. The minimum atomic E-state index is -1.07. The summed E-state index contributed by atoms with van der Waals surface area (Å²) in [5.41, 5.74) is 6.56. The number of carbonyl (C=O) groups is 2. The third-order valence-electron chi connectivity index (χ3n) is 8.60. The van der Waals surface area contributed by atoms with Crippen LogP contribution in [0.1, 0.15) is 53.6 Å². The van der Waals surface area contributed by atoms with Crippen LogP contribution in [0.2, 0.25) is 0 Å². The Bertz CT molecular complexity index is 1760. The van der Waals surface area contributed by atoms with E-state index in [-0.39, 0.29) is 18.3 Å². The zero-order valence-electron chi connectivity index (χ0n) is 26.7. The Morgan fingerprint density at radius 2 is 1.55 bits per heavy atom. The Labute approximate surface area is 276 Å². The van der Waals surface area contributed by atoms with E-state index in [1.165, 1.54) is 0 Å². The van der Waals surface area contributed by atoms with Gasteiger partial charge in [-0.2, -0.15) is 0 Å². The smallest absolute Gasteiger partial charge is 0.331 e. The number of Topliss-reactive ketones (excluding diaryl/α,β-unsaturated/α-hetero) is 1. The molecule has 6 rings (SSSR count). The fraction of sp³-hybridized carbons (Fsp3) is 0.244. The summed E-state index contributed by atoms with van der Waals surface area (Å²) in [7, 11) is 0. The van der Waals surface area contributed by atoms with Gasteiger partial charge in [-0.1, -0.05) is 115 Å². The average molecular weight is 625 g/mol. The first kappa shape index (κ1) is 31.9. The summed E-state index contributed by atoms with van der Waals surface area (Å²) in [4.78, 5) is 31.7. The first-order valence-electron chi connectivity index (χ1n) is 16.5. The van der Waals surface area contributed by atoms with Crippen molar-refractivity contribution < 1.29 is 18.7 Å². The summed E-state index contributed by atoms with van der Waals surface area (Å²) in [6, 6.07) is 36.8. The Morgan fingerprint density at radius 1 is 0.872 bits per heavy atom. The summed E-state index contributed by atoms with van der Waals surface area (Å²) in [6.45, 7) is 2.43. The molecule has 0 amide bonds. The lowest BCUT2D eigenvalue weighted by atomic mass is 9.82. The topological polar surface area (TPSA) is 81.4 Å². The van der Waals surface area contributed by atoms with E-state index >= 15 is 0 Å². The average Bonchev–Trinajstić information content (AvgIpc) is 3.57. The summed E-state index contributed by atoms with van der Waals surface area (Å²) in [6.07, 6.45) is 6.69. The maximum atomic E-state index is 13.7. The Kier molecular flexibility index (Phi) is 10.5. The molecular formula is C41H40N2O4. The zero-order chi connectivity index (χ0) is 32.4. The van der Waals surface area contributed by atoms with E-state index in [2.05, 4.69) is 23.5 Å². The molecule has 0 radical (unpaired) electrons. The molecule has 0 bridgehead atoms. The van der Waals surface area contributed by atoms with Gasteiger partial charge in [0.05, 0.1) is 6.61 Å². The third kappa shape index (κ3) is 7.84. The summed E-state index contributed by atoms with van der Waals surface area (Å²) in [5.74, 6) is 0.732. The first-order chi connectivity index (χ1) is 23.1. The van der Waals surface area contributed by atoms with Crippen LogP contribution in [0.15, 0.2) is 126 Å². The standard InChI is InChI=1S/C41H40N2O4/c1-2-46-41(45)37(42-26-25-29-15-6-3-7-16-29)38(44)34-23-14-17-30(28-34)27-33-22-12-13-24-35(33)40-43-36(31-18-8-4-9-19-31)39(47-40)32-20-10-5-11-21-32/h3-11,14-21,23-24,28,33,37,42H,2,12-13,22,25-27H2,1H3. The number of allylic oxidation sites excluding steroid dienone is 2. The van der Waals surface area contributed by atoms with Crippen LogP contribution >= 0.6 is 0 Å². The monoisotopic (exact) mass is 624 g/mol. The van der Waals surface area contributed by atoms with Crippen molar-refractivity contribution in [3.8, 4) is 22.6 Å². The Morgan fingerprint density at radius 3 is 2.28 bits per heavy atom.